The van der Waals surface area contributed by atoms with Crippen molar-refractivity contribution < 1.29 is 18.0 Å². The van der Waals surface area contributed by atoms with Crippen molar-refractivity contribution in [2.45, 2.75) is 6.18 Å². The van der Waals surface area contributed by atoms with Gasteiger partial charge in [-0.25, -0.2) is 0 Å². The normalized spacial score (nSPS) is 11.1. The zero-order valence-corrected chi connectivity index (χ0v) is 9.73. The third-order valence-corrected chi connectivity index (χ3v) is 2.50. The van der Waals surface area contributed by atoms with Gasteiger partial charge >= 0.3 is 12.1 Å². The number of aromatic nitrogens is 1. The fraction of sp³-hybridized carbons (Fsp3) is 0.0833. The van der Waals surface area contributed by atoms with E-state index in [1.165, 1.54) is 23.6 Å². The van der Waals surface area contributed by atoms with Crippen LogP contribution in [0.4, 0.5) is 18.9 Å². The number of nitriles is 1. The summed E-state index contributed by atoms with van der Waals surface area (Å²) in [7, 11) is 0. The molecule has 0 fully saturated rings. The van der Waals surface area contributed by atoms with E-state index in [1.807, 2.05) is 0 Å². The van der Waals surface area contributed by atoms with Gasteiger partial charge in [0.15, 0.2) is 0 Å². The summed E-state index contributed by atoms with van der Waals surface area (Å²) in [4.78, 5) is 22.8. The van der Waals surface area contributed by atoms with Gasteiger partial charge in [-0.1, -0.05) is 6.07 Å². The molecule has 102 valence electrons. The molecule has 0 radical (unpaired) electrons. The summed E-state index contributed by atoms with van der Waals surface area (Å²) < 4.78 is 37.5. The van der Waals surface area contributed by atoms with Gasteiger partial charge in [0, 0.05) is 6.20 Å². The number of pyridine rings is 2. The summed E-state index contributed by atoms with van der Waals surface area (Å²) in [6, 6.07) is 7.19. The van der Waals surface area contributed by atoms with Crippen LogP contribution >= 0.6 is 0 Å². The van der Waals surface area contributed by atoms with Crippen LogP contribution in [0.15, 0.2) is 35.3 Å². The van der Waals surface area contributed by atoms with Crippen LogP contribution in [0.3, 0.4) is 0 Å². The molecule has 8 heteroatoms. The lowest BCUT2D eigenvalue weighted by Crippen LogP contribution is -2.33. The van der Waals surface area contributed by atoms with Crippen LogP contribution < -0.4 is 10.9 Å². The van der Waals surface area contributed by atoms with Crippen molar-refractivity contribution in [2.24, 2.45) is 0 Å². The van der Waals surface area contributed by atoms with E-state index in [-0.39, 0.29) is 11.1 Å². The molecule has 1 N–H and O–H groups in total. The van der Waals surface area contributed by atoms with Crippen molar-refractivity contribution in [2.75, 3.05) is 5.32 Å². The van der Waals surface area contributed by atoms with Crippen LogP contribution in [0.2, 0.25) is 0 Å². The molecule has 2 aromatic heterocycles. The van der Waals surface area contributed by atoms with E-state index >= 15 is 0 Å². The number of alkyl halides is 3. The molecule has 2 rings (SSSR count). The molecule has 0 atom stereocenters. The second-order valence-corrected chi connectivity index (χ2v) is 3.80. The first-order chi connectivity index (χ1) is 9.34. The van der Waals surface area contributed by atoms with Crippen molar-refractivity contribution in [1.82, 2.24) is 4.40 Å². The summed E-state index contributed by atoms with van der Waals surface area (Å²) in [5.41, 5.74) is -1.24. The fourth-order valence-electron chi connectivity index (χ4n) is 1.62. The minimum Gasteiger partial charge on any atom is -0.314 e. The average molecular weight is 281 g/mol. The molecule has 0 aliphatic heterocycles. The van der Waals surface area contributed by atoms with Gasteiger partial charge in [-0.2, -0.15) is 18.4 Å². The maximum atomic E-state index is 12.2. The van der Waals surface area contributed by atoms with Crippen molar-refractivity contribution in [3.63, 3.8) is 0 Å². The standard InChI is InChI=1S/C12H6F3N3O2/c13-12(14,15)11(20)17-8-5-7(6-16)9-3-1-2-4-18(9)10(8)19/h1-5H,(H,17,20). The highest BCUT2D eigenvalue weighted by atomic mass is 19.4. The summed E-state index contributed by atoms with van der Waals surface area (Å²) in [6.07, 6.45) is -3.82. The Morgan fingerprint density at radius 2 is 2.05 bits per heavy atom. The van der Waals surface area contributed by atoms with Gasteiger partial charge < -0.3 is 5.32 Å². The van der Waals surface area contributed by atoms with Crippen molar-refractivity contribution in [3.05, 3.63) is 46.4 Å². The van der Waals surface area contributed by atoms with E-state index < -0.39 is 23.3 Å². The van der Waals surface area contributed by atoms with Gasteiger partial charge in [-0.3, -0.25) is 14.0 Å². The Labute approximate surface area is 109 Å². The zero-order valence-electron chi connectivity index (χ0n) is 9.73. The number of anilines is 1. The monoisotopic (exact) mass is 281 g/mol. The second kappa shape index (κ2) is 4.70. The van der Waals surface area contributed by atoms with Crippen LogP contribution in [0.25, 0.3) is 5.52 Å². The van der Waals surface area contributed by atoms with Crippen LogP contribution in [0.5, 0.6) is 0 Å². The molecule has 0 bridgehead atoms. The Kier molecular flexibility index (Phi) is 3.19. The molecule has 2 aromatic rings. The van der Waals surface area contributed by atoms with E-state index in [0.29, 0.717) is 0 Å². The third kappa shape index (κ3) is 2.33. The first-order valence-corrected chi connectivity index (χ1v) is 5.27. The molecule has 1 amide bonds. The van der Waals surface area contributed by atoms with Gasteiger partial charge in [0.2, 0.25) is 0 Å². The van der Waals surface area contributed by atoms with Gasteiger partial charge in [0.25, 0.3) is 5.56 Å². The number of amides is 1. The highest BCUT2D eigenvalue weighted by Crippen LogP contribution is 2.18. The summed E-state index contributed by atoms with van der Waals surface area (Å²) in [5, 5.41) is 10.4. The maximum absolute atomic E-state index is 12.2. The molecule has 0 saturated carbocycles. The quantitative estimate of drug-likeness (QED) is 0.864. The van der Waals surface area contributed by atoms with Crippen LogP contribution in [-0.4, -0.2) is 16.5 Å². The number of rotatable bonds is 1. The minimum atomic E-state index is -5.12. The molecule has 0 unspecified atom stereocenters. The maximum Gasteiger partial charge on any atom is 0.471 e. The molecule has 0 saturated heterocycles. The fourth-order valence-corrected chi connectivity index (χ4v) is 1.62. The van der Waals surface area contributed by atoms with E-state index in [0.717, 1.165) is 10.5 Å². The molecule has 2 heterocycles. The number of halogens is 3. The van der Waals surface area contributed by atoms with Crippen molar-refractivity contribution in [1.29, 1.82) is 5.26 Å². The molecular weight excluding hydrogens is 275 g/mol. The second-order valence-electron chi connectivity index (χ2n) is 3.80. The third-order valence-electron chi connectivity index (χ3n) is 2.50. The van der Waals surface area contributed by atoms with Crippen molar-refractivity contribution in [3.8, 4) is 6.07 Å². The lowest BCUT2D eigenvalue weighted by Gasteiger charge is -2.09. The predicted octanol–water partition coefficient (Wildman–Crippen LogP) is 1.67. The Morgan fingerprint density at radius 1 is 1.35 bits per heavy atom. The topological polar surface area (TPSA) is 74.4 Å². The van der Waals surface area contributed by atoms with E-state index in [2.05, 4.69) is 0 Å². The molecule has 5 nitrogen and oxygen atoms in total. The summed E-state index contributed by atoms with van der Waals surface area (Å²) in [5.74, 6) is -2.27. The number of carbonyl (C=O) groups excluding carboxylic acids is 1. The first kappa shape index (κ1) is 13.6. The molecule has 0 aliphatic carbocycles. The average Bonchev–Trinajstić information content (AvgIpc) is 2.41. The van der Waals surface area contributed by atoms with E-state index in [1.54, 1.807) is 12.1 Å². The Morgan fingerprint density at radius 3 is 2.65 bits per heavy atom. The largest absolute Gasteiger partial charge is 0.471 e. The Hall–Kier alpha value is -2.82. The highest BCUT2D eigenvalue weighted by Gasteiger charge is 2.39. The van der Waals surface area contributed by atoms with Gasteiger partial charge in [0.1, 0.15) is 11.8 Å². The molecule has 0 aliphatic rings. The van der Waals surface area contributed by atoms with Gasteiger partial charge in [-0.15, -0.1) is 0 Å². The first-order valence-electron chi connectivity index (χ1n) is 5.27. The predicted molar refractivity (Wildman–Crippen MR) is 63.1 cm³/mol. The SMILES string of the molecule is N#Cc1cc(NC(=O)C(F)(F)F)c(=O)n2ccccc12. The van der Waals surface area contributed by atoms with Crippen LogP contribution in [-0.2, 0) is 4.79 Å². The molecule has 0 aromatic carbocycles. The smallest absolute Gasteiger partial charge is 0.314 e. The van der Waals surface area contributed by atoms with Crippen LogP contribution in [0.1, 0.15) is 5.56 Å². The number of hydrogen-bond acceptors (Lipinski definition) is 3. The molecule has 20 heavy (non-hydrogen) atoms. The number of nitrogens with zero attached hydrogens (tertiary/aromatic N) is 2. The van der Waals surface area contributed by atoms with Crippen molar-refractivity contribution >= 4 is 17.1 Å². The number of hydrogen-bond donors (Lipinski definition) is 1. The Balaban J connectivity index is 2.62. The van der Waals surface area contributed by atoms with Gasteiger partial charge in [-0.05, 0) is 18.2 Å². The lowest BCUT2D eigenvalue weighted by atomic mass is 10.2. The zero-order chi connectivity index (χ0) is 14.9. The number of carbonyl (C=O) groups is 1. The van der Waals surface area contributed by atoms with E-state index in [4.69, 9.17) is 5.26 Å². The minimum absolute atomic E-state index is 0.0253. The number of fused-ring (bicyclic) bond motifs is 1. The molecule has 0 spiro atoms. The highest BCUT2D eigenvalue weighted by molar-refractivity contribution is 5.95. The summed E-state index contributed by atoms with van der Waals surface area (Å²) in [6.45, 7) is 0. The summed E-state index contributed by atoms with van der Waals surface area (Å²) >= 11 is 0. The van der Waals surface area contributed by atoms with E-state index in [9.17, 15) is 22.8 Å². The molecular formula is C12H6F3N3O2. The van der Waals surface area contributed by atoms with Crippen LogP contribution in [0, 0.1) is 11.3 Å². The van der Waals surface area contributed by atoms with Gasteiger partial charge in [0.05, 0.1) is 11.1 Å². The lowest BCUT2D eigenvalue weighted by molar-refractivity contribution is -0.167. The number of nitrogens with one attached hydrogen (secondary N) is 1. The Bertz CT molecular complexity index is 787.